The highest BCUT2D eigenvalue weighted by Crippen LogP contribution is 2.28. The largest absolute Gasteiger partial charge is 0.383 e. The number of hydrogen-bond donors (Lipinski definition) is 2. The first kappa shape index (κ1) is 22.5. The average molecular weight is 440 g/mol. The van der Waals surface area contributed by atoms with Gasteiger partial charge in [0.2, 0.25) is 10.0 Å². The van der Waals surface area contributed by atoms with Crippen molar-refractivity contribution in [1.82, 2.24) is 4.31 Å². The Kier molecular flexibility index (Phi) is 7.27. The number of morpholine rings is 1. The van der Waals surface area contributed by atoms with E-state index >= 15 is 0 Å². The summed E-state index contributed by atoms with van der Waals surface area (Å²) in [7, 11) is -3.65. The van der Waals surface area contributed by atoms with Crippen LogP contribution in [0.3, 0.4) is 0 Å². The molecule has 0 unspecified atom stereocenters. The maximum Gasteiger partial charge on any atom is 0.243 e. The molecule has 0 saturated carbocycles. The van der Waals surface area contributed by atoms with E-state index in [0.29, 0.717) is 50.0 Å². The van der Waals surface area contributed by atoms with Crippen LogP contribution >= 0.6 is 0 Å². The van der Waals surface area contributed by atoms with E-state index in [9.17, 15) is 17.2 Å². The standard InChI is InChI=1S/C21H27F2N3O3S/c1-15(2)13-24-20-6-4-17(30(27,28)26-7-9-29-10-8-26)12-21(20)25-14-16-3-5-18(22)19(23)11-16/h3-6,11-12,15,24-25H,7-10,13-14H2,1-2H3. The highest BCUT2D eigenvalue weighted by Gasteiger charge is 2.27. The molecule has 2 aromatic rings. The van der Waals surface area contributed by atoms with Crippen LogP contribution in [-0.4, -0.2) is 45.6 Å². The number of sulfonamides is 1. The van der Waals surface area contributed by atoms with Crippen LogP contribution in [0, 0.1) is 17.6 Å². The number of rotatable bonds is 8. The summed E-state index contributed by atoms with van der Waals surface area (Å²) in [5.74, 6) is -1.44. The fourth-order valence-corrected chi connectivity index (χ4v) is 4.52. The number of ether oxygens (including phenoxy) is 1. The zero-order valence-electron chi connectivity index (χ0n) is 17.1. The maximum absolute atomic E-state index is 13.5. The first-order valence-electron chi connectivity index (χ1n) is 9.91. The predicted molar refractivity (Wildman–Crippen MR) is 113 cm³/mol. The van der Waals surface area contributed by atoms with Gasteiger partial charge in [-0.3, -0.25) is 0 Å². The topological polar surface area (TPSA) is 70.7 Å². The van der Waals surface area contributed by atoms with Gasteiger partial charge in [-0.1, -0.05) is 19.9 Å². The lowest BCUT2D eigenvalue weighted by molar-refractivity contribution is 0.0730. The molecule has 1 aliphatic rings. The molecule has 0 aliphatic carbocycles. The van der Waals surface area contributed by atoms with Crippen LogP contribution in [0.25, 0.3) is 0 Å². The second-order valence-corrected chi connectivity index (χ2v) is 9.54. The highest BCUT2D eigenvalue weighted by molar-refractivity contribution is 7.89. The van der Waals surface area contributed by atoms with E-state index in [1.807, 2.05) is 0 Å². The van der Waals surface area contributed by atoms with Crippen molar-refractivity contribution < 1.29 is 21.9 Å². The van der Waals surface area contributed by atoms with Crippen molar-refractivity contribution in [2.75, 3.05) is 43.5 Å². The Hall–Kier alpha value is -2.23. The van der Waals surface area contributed by atoms with Crippen molar-refractivity contribution >= 4 is 21.4 Å². The van der Waals surface area contributed by atoms with Gasteiger partial charge in [-0.05, 0) is 41.8 Å². The summed E-state index contributed by atoms with van der Waals surface area (Å²) in [6, 6.07) is 8.56. The van der Waals surface area contributed by atoms with Crippen LogP contribution in [-0.2, 0) is 21.3 Å². The molecule has 0 atom stereocenters. The van der Waals surface area contributed by atoms with Gasteiger partial charge in [-0.15, -0.1) is 0 Å². The molecular weight excluding hydrogens is 412 g/mol. The minimum atomic E-state index is -3.65. The molecule has 2 aromatic carbocycles. The average Bonchev–Trinajstić information content (AvgIpc) is 2.74. The Morgan fingerprint density at radius 3 is 2.40 bits per heavy atom. The Balaban J connectivity index is 1.86. The molecule has 0 spiro atoms. The van der Waals surface area contributed by atoms with Gasteiger partial charge in [0.15, 0.2) is 11.6 Å². The third-order valence-corrected chi connectivity index (χ3v) is 6.66. The summed E-state index contributed by atoms with van der Waals surface area (Å²) in [6.45, 7) is 6.42. The van der Waals surface area contributed by atoms with E-state index in [0.717, 1.165) is 17.8 Å². The highest BCUT2D eigenvalue weighted by atomic mass is 32.2. The van der Waals surface area contributed by atoms with Gasteiger partial charge >= 0.3 is 0 Å². The Morgan fingerprint density at radius 1 is 1.00 bits per heavy atom. The molecule has 3 rings (SSSR count). The molecule has 0 aromatic heterocycles. The first-order chi connectivity index (χ1) is 14.3. The van der Waals surface area contributed by atoms with Gasteiger partial charge < -0.3 is 15.4 Å². The molecule has 1 heterocycles. The summed E-state index contributed by atoms with van der Waals surface area (Å²) < 4.78 is 59.4. The second kappa shape index (κ2) is 9.72. The monoisotopic (exact) mass is 439 g/mol. The normalized spacial score (nSPS) is 15.4. The third-order valence-electron chi connectivity index (χ3n) is 4.77. The molecule has 0 radical (unpaired) electrons. The molecular formula is C21H27F2N3O3S. The Bertz CT molecular complexity index is 977. The second-order valence-electron chi connectivity index (χ2n) is 7.60. The van der Waals surface area contributed by atoms with Crippen molar-refractivity contribution in [1.29, 1.82) is 0 Å². The summed E-state index contributed by atoms with van der Waals surface area (Å²) in [6.07, 6.45) is 0. The molecule has 30 heavy (non-hydrogen) atoms. The minimum Gasteiger partial charge on any atom is -0.383 e. The van der Waals surface area contributed by atoms with Crippen LogP contribution < -0.4 is 10.6 Å². The van der Waals surface area contributed by atoms with E-state index in [1.54, 1.807) is 18.2 Å². The van der Waals surface area contributed by atoms with E-state index < -0.39 is 21.7 Å². The lowest BCUT2D eigenvalue weighted by Crippen LogP contribution is -2.40. The predicted octanol–water partition coefficient (Wildman–Crippen LogP) is 3.67. The number of halogens is 2. The van der Waals surface area contributed by atoms with Gasteiger partial charge in [0.1, 0.15) is 0 Å². The first-order valence-corrected chi connectivity index (χ1v) is 11.3. The van der Waals surface area contributed by atoms with E-state index in [2.05, 4.69) is 24.5 Å². The molecule has 0 bridgehead atoms. The summed E-state index contributed by atoms with van der Waals surface area (Å²) in [5.41, 5.74) is 1.87. The fourth-order valence-electron chi connectivity index (χ4n) is 3.08. The summed E-state index contributed by atoms with van der Waals surface area (Å²) in [4.78, 5) is 0.173. The third kappa shape index (κ3) is 5.47. The van der Waals surface area contributed by atoms with Crippen molar-refractivity contribution in [3.8, 4) is 0 Å². The molecule has 164 valence electrons. The Morgan fingerprint density at radius 2 is 1.73 bits per heavy atom. The van der Waals surface area contributed by atoms with Crippen molar-refractivity contribution in [2.45, 2.75) is 25.3 Å². The maximum atomic E-state index is 13.5. The van der Waals surface area contributed by atoms with E-state index in [1.165, 1.54) is 10.4 Å². The lowest BCUT2D eigenvalue weighted by atomic mass is 10.2. The van der Waals surface area contributed by atoms with Crippen LogP contribution in [0.1, 0.15) is 19.4 Å². The molecule has 1 aliphatic heterocycles. The van der Waals surface area contributed by atoms with Gasteiger partial charge in [0, 0.05) is 26.2 Å². The zero-order valence-corrected chi connectivity index (χ0v) is 17.9. The number of benzene rings is 2. The van der Waals surface area contributed by atoms with Crippen molar-refractivity contribution in [3.05, 3.63) is 53.6 Å². The molecule has 6 nitrogen and oxygen atoms in total. The van der Waals surface area contributed by atoms with Crippen LogP contribution in [0.5, 0.6) is 0 Å². The van der Waals surface area contributed by atoms with Gasteiger partial charge in [0.05, 0.1) is 29.5 Å². The van der Waals surface area contributed by atoms with Gasteiger partial charge in [0.25, 0.3) is 0 Å². The summed E-state index contributed by atoms with van der Waals surface area (Å²) in [5, 5.41) is 6.46. The lowest BCUT2D eigenvalue weighted by Gasteiger charge is -2.26. The number of nitrogens with one attached hydrogen (secondary N) is 2. The zero-order chi connectivity index (χ0) is 21.7. The molecule has 2 N–H and O–H groups in total. The van der Waals surface area contributed by atoms with Gasteiger partial charge in [-0.25, -0.2) is 17.2 Å². The minimum absolute atomic E-state index is 0.173. The quantitative estimate of drug-likeness (QED) is 0.657. The molecule has 1 saturated heterocycles. The molecule has 9 heteroatoms. The van der Waals surface area contributed by atoms with Crippen LogP contribution in [0.4, 0.5) is 20.2 Å². The number of anilines is 2. The van der Waals surface area contributed by atoms with Crippen molar-refractivity contribution in [3.63, 3.8) is 0 Å². The van der Waals surface area contributed by atoms with Crippen LogP contribution in [0.2, 0.25) is 0 Å². The van der Waals surface area contributed by atoms with E-state index in [-0.39, 0.29) is 11.4 Å². The van der Waals surface area contributed by atoms with Gasteiger partial charge in [-0.2, -0.15) is 4.31 Å². The van der Waals surface area contributed by atoms with Crippen molar-refractivity contribution in [2.24, 2.45) is 5.92 Å². The summed E-state index contributed by atoms with van der Waals surface area (Å²) >= 11 is 0. The smallest absolute Gasteiger partial charge is 0.243 e. The van der Waals surface area contributed by atoms with E-state index in [4.69, 9.17) is 4.74 Å². The number of nitrogens with zero attached hydrogens (tertiary/aromatic N) is 1. The SMILES string of the molecule is CC(C)CNc1ccc(S(=O)(=O)N2CCOCC2)cc1NCc1ccc(F)c(F)c1. The number of hydrogen-bond acceptors (Lipinski definition) is 5. The van der Waals surface area contributed by atoms with Crippen LogP contribution in [0.15, 0.2) is 41.3 Å². The molecule has 1 fully saturated rings. The Labute approximate surface area is 176 Å². The molecule has 0 amide bonds. The fraction of sp³-hybridized carbons (Fsp3) is 0.429.